The molecule has 3 aliphatic rings. The molecule has 3 rings (SSSR count). The zero-order valence-corrected chi connectivity index (χ0v) is 14.8. The molecule has 2 N–H and O–H groups in total. The average molecular weight is 357 g/mol. The molecule has 0 unspecified atom stereocenters. The van der Waals surface area contributed by atoms with Gasteiger partial charge in [-0.05, 0) is 44.4 Å². The summed E-state index contributed by atoms with van der Waals surface area (Å²) in [6.45, 7) is 1.48. The Bertz CT molecular complexity index is 574. The molecule has 1 aliphatic heterocycles. The van der Waals surface area contributed by atoms with E-state index in [4.69, 9.17) is 0 Å². The number of piperidine rings is 1. The molecule has 2 amide bonds. The summed E-state index contributed by atoms with van der Waals surface area (Å²) in [5, 5.41) is 5.31. The second-order valence-electron chi connectivity index (χ2n) is 7.25. The molecule has 0 bridgehead atoms. The molecule has 24 heavy (non-hydrogen) atoms. The number of amides is 2. The predicted molar refractivity (Wildman–Crippen MR) is 89.6 cm³/mol. The van der Waals surface area contributed by atoms with Gasteiger partial charge in [-0.2, -0.15) is 0 Å². The van der Waals surface area contributed by atoms with E-state index in [1.165, 1.54) is 0 Å². The Morgan fingerprint density at radius 3 is 2.12 bits per heavy atom. The first-order valence-electron chi connectivity index (χ1n) is 9.04. The summed E-state index contributed by atoms with van der Waals surface area (Å²) in [6.07, 6.45) is 7.15. The Kier molecular flexibility index (Phi) is 5.44. The van der Waals surface area contributed by atoms with Gasteiger partial charge in [0.05, 0.1) is 5.25 Å². The van der Waals surface area contributed by atoms with Crippen LogP contribution < -0.4 is 10.6 Å². The van der Waals surface area contributed by atoms with E-state index in [1.807, 2.05) is 0 Å². The molecule has 0 atom stereocenters. The molecule has 136 valence electrons. The third-order valence-corrected chi connectivity index (χ3v) is 7.73. The third-order valence-electron chi connectivity index (χ3n) is 5.33. The molecule has 0 aromatic heterocycles. The molecule has 0 radical (unpaired) electrons. The van der Waals surface area contributed by atoms with Gasteiger partial charge in [0.15, 0.2) is 0 Å². The Labute approximate surface area is 143 Å². The van der Waals surface area contributed by atoms with Crippen LogP contribution in [0.1, 0.15) is 51.4 Å². The lowest BCUT2D eigenvalue weighted by Gasteiger charge is -2.31. The van der Waals surface area contributed by atoms with Gasteiger partial charge in [-0.15, -0.1) is 0 Å². The minimum Gasteiger partial charge on any atom is -0.348 e. The summed E-state index contributed by atoms with van der Waals surface area (Å²) in [5.41, 5.74) is 0. The van der Waals surface area contributed by atoms with Crippen LogP contribution in [0.15, 0.2) is 0 Å². The lowest BCUT2D eigenvalue weighted by Crippen LogP contribution is -2.46. The highest BCUT2D eigenvalue weighted by Gasteiger charge is 2.41. The van der Waals surface area contributed by atoms with Gasteiger partial charge in [-0.3, -0.25) is 9.59 Å². The van der Waals surface area contributed by atoms with Crippen molar-refractivity contribution in [1.29, 1.82) is 0 Å². The van der Waals surface area contributed by atoms with Gasteiger partial charge in [0.1, 0.15) is 0 Å². The van der Waals surface area contributed by atoms with Crippen LogP contribution in [0.5, 0.6) is 0 Å². The van der Waals surface area contributed by atoms with Gasteiger partial charge in [0.2, 0.25) is 10.0 Å². The standard InChI is InChI=1S/C16H27N3O4S/c20-15(16(21)18-13-3-1-2-4-13)17-11-12-7-9-19(10-8-12)24(22,23)14-5-6-14/h12-14H,1-11H2,(H,17,20)(H,18,21). The molecule has 0 aromatic carbocycles. The van der Waals surface area contributed by atoms with Crippen molar-refractivity contribution < 1.29 is 18.0 Å². The average Bonchev–Trinajstić information content (AvgIpc) is 3.32. The fourth-order valence-electron chi connectivity index (χ4n) is 3.58. The maximum atomic E-state index is 12.2. The fourth-order valence-corrected chi connectivity index (χ4v) is 5.46. The smallest absolute Gasteiger partial charge is 0.309 e. The Balaban J connectivity index is 1.36. The molecular formula is C16H27N3O4S. The van der Waals surface area contributed by atoms with Crippen molar-refractivity contribution in [3.63, 3.8) is 0 Å². The van der Waals surface area contributed by atoms with Crippen LogP contribution in [0, 0.1) is 5.92 Å². The van der Waals surface area contributed by atoms with E-state index in [9.17, 15) is 18.0 Å². The fraction of sp³-hybridized carbons (Fsp3) is 0.875. The van der Waals surface area contributed by atoms with Crippen molar-refractivity contribution in [2.24, 2.45) is 5.92 Å². The molecule has 3 fully saturated rings. The monoisotopic (exact) mass is 357 g/mol. The van der Waals surface area contributed by atoms with Crippen molar-refractivity contribution in [3.8, 4) is 0 Å². The summed E-state index contributed by atoms with van der Waals surface area (Å²) < 4.78 is 25.9. The van der Waals surface area contributed by atoms with Crippen molar-refractivity contribution >= 4 is 21.8 Å². The molecule has 1 saturated heterocycles. The number of hydrogen-bond acceptors (Lipinski definition) is 4. The minimum atomic E-state index is -3.09. The Morgan fingerprint density at radius 1 is 0.917 bits per heavy atom. The van der Waals surface area contributed by atoms with Crippen LogP contribution in [0.25, 0.3) is 0 Å². The maximum absolute atomic E-state index is 12.2. The van der Waals surface area contributed by atoms with E-state index in [0.29, 0.717) is 19.6 Å². The van der Waals surface area contributed by atoms with E-state index in [-0.39, 0.29) is 17.2 Å². The van der Waals surface area contributed by atoms with Gasteiger partial charge >= 0.3 is 11.8 Å². The summed E-state index contributed by atoms with van der Waals surface area (Å²) >= 11 is 0. The number of rotatable bonds is 5. The van der Waals surface area contributed by atoms with Gasteiger partial charge in [0.25, 0.3) is 0 Å². The molecule has 0 spiro atoms. The first kappa shape index (κ1) is 17.7. The van der Waals surface area contributed by atoms with Gasteiger partial charge in [-0.25, -0.2) is 12.7 Å². The minimum absolute atomic E-state index is 0.138. The largest absolute Gasteiger partial charge is 0.348 e. The van der Waals surface area contributed by atoms with E-state index in [0.717, 1.165) is 51.4 Å². The summed E-state index contributed by atoms with van der Waals surface area (Å²) in [4.78, 5) is 23.7. The summed E-state index contributed by atoms with van der Waals surface area (Å²) in [7, 11) is -3.09. The predicted octanol–water partition coefficient (Wildman–Crippen LogP) is 0.366. The van der Waals surface area contributed by atoms with Crippen molar-refractivity contribution in [3.05, 3.63) is 0 Å². The van der Waals surface area contributed by atoms with Crippen LogP contribution in [0.2, 0.25) is 0 Å². The Hall–Kier alpha value is -1.15. The second kappa shape index (κ2) is 7.39. The van der Waals surface area contributed by atoms with E-state index >= 15 is 0 Å². The van der Waals surface area contributed by atoms with E-state index in [1.54, 1.807) is 4.31 Å². The molecule has 7 nitrogen and oxygen atoms in total. The van der Waals surface area contributed by atoms with Crippen LogP contribution >= 0.6 is 0 Å². The number of carbonyl (C=O) groups excluding carboxylic acids is 2. The van der Waals surface area contributed by atoms with E-state index in [2.05, 4.69) is 10.6 Å². The highest BCUT2D eigenvalue weighted by Crippen LogP contribution is 2.33. The van der Waals surface area contributed by atoms with Crippen molar-refractivity contribution in [2.45, 2.75) is 62.7 Å². The summed E-state index contributed by atoms with van der Waals surface area (Å²) in [6, 6.07) is 0.138. The number of hydrogen-bond donors (Lipinski definition) is 2. The molecule has 0 aromatic rings. The number of nitrogens with zero attached hydrogens (tertiary/aromatic N) is 1. The van der Waals surface area contributed by atoms with Crippen molar-refractivity contribution in [1.82, 2.24) is 14.9 Å². The van der Waals surface area contributed by atoms with Gasteiger partial charge in [-0.1, -0.05) is 12.8 Å². The van der Waals surface area contributed by atoms with Crippen LogP contribution in [0.4, 0.5) is 0 Å². The topological polar surface area (TPSA) is 95.6 Å². The number of nitrogens with one attached hydrogen (secondary N) is 2. The highest BCUT2D eigenvalue weighted by molar-refractivity contribution is 7.90. The zero-order chi connectivity index (χ0) is 17.2. The molecular weight excluding hydrogens is 330 g/mol. The number of carbonyl (C=O) groups is 2. The SMILES string of the molecule is O=C(NCC1CCN(S(=O)(=O)C2CC2)CC1)C(=O)NC1CCCC1. The third kappa shape index (κ3) is 4.27. The van der Waals surface area contributed by atoms with E-state index < -0.39 is 21.8 Å². The molecule has 8 heteroatoms. The lowest BCUT2D eigenvalue weighted by atomic mass is 9.98. The zero-order valence-electron chi connectivity index (χ0n) is 14.0. The first-order valence-corrected chi connectivity index (χ1v) is 10.5. The number of sulfonamides is 1. The normalized spacial score (nSPS) is 24.0. The molecule has 2 saturated carbocycles. The van der Waals surface area contributed by atoms with Gasteiger partial charge < -0.3 is 10.6 Å². The van der Waals surface area contributed by atoms with Crippen LogP contribution in [0.3, 0.4) is 0 Å². The quantitative estimate of drug-likeness (QED) is 0.695. The lowest BCUT2D eigenvalue weighted by molar-refractivity contribution is -0.139. The maximum Gasteiger partial charge on any atom is 0.309 e. The Morgan fingerprint density at radius 2 is 1.54 bits per heavy atom. The van der Waals surface area contributed by atoms with Gasteiger partial charge in [0, 0.05) is 25.7 Å². The molecule has 2 aliphatic carbocycles. The first-order chi connectivity index (χ1) is 11.5. The molecule has 1 heterocycles. The van der Waals surface area contributed by atoms with Crippen molar-refractivity contribution in [2.75, 3.05) is 19.6 Å². The highest BCUT2D eigenvalue weighted by atomic mass is 32.2. The van der Waals surface area contributed by atoms with Crippen LogP contribution in [-0.2, 0) is 19.6 Å². The van der Waals surface area contributed by atoms with Crippen LogP contribution in [-0.4, -0.2) is 55.5 Å². The summed E-state index contributed by atoms with van der Waals surface area (Å²) in [5.74, 6) is -0.885. The second-order valence-corrected chi connectivity index (χ2v) is 9.46.